The maximum Gasteiger partial charge on any atom is 0.312 e. The van der Waals surface area contributed by atoms with Gasteiger partial charge in [-0.15, -0.1) is 0 Å². The summed E-state index contributed by atoms with van der Waals surface area (Å²) in [5.74, 6) is 0.0210. The number of carbonyl (C=O) groups is 1. The van der Waals surface area contributed by atoms with Gasteiger partial charge in [0, 0.05) is 23.4 Å². The molecule has 0 spiro atoms. The van der Waals surface area contributed by atoms with Gasteiger partial charge in [-0.1, -0.05) is 72.4 Å². The summed E-state index contributed by atoms with van der Waals surface area (Å²) < 4.78 is 10.9. The molecule has 0 aliphatic carbocycles. The van der Waals surface area contributed by atoms with Crippen molar-refractivity contribution in [2.75, 3.05) is 0 Å². The number of hydrogen-bond acceptors (Lipinski definition) is 7. The van der Waals surface area contributed by atoms with Gasteiger partial charge in [-0.3, -0.25) is 9.59 Å². The predicted octanol–water partition coefficient (Wildman–Crippen LogP) is 5.47. The summed E-state index contributed by atoms with van der Waals surface area (Å²) in [4.78, 5) is 34.0. The molecule has 0 N–H and O–H groups in total. The van der Waals surface area contributed by atoms with E-state index in [-0.39, 0.29) is 18.1 Å². The SMILES string of the molecule is Cc1cc(C)nc(SCc2cc(=O)c(OC(=O)CC(c3ccccc3)c3ccccc3)co2)n1. The quantitative estimate of drug-likeness (QED) is 0.191. The molecule has 4 rings (SSSR count). The minimum absolute atomic E-state index is 0.0924. The van der Waals surface area contributed by atoms with Crippen LogP contribution in [0.15, 0.2) is 93.4 Å². The van der Waals surface area contributed by atoms with E-state index in [4.69, 9.17) is 9.15 Å². The van der Waals surface area contributed by atoms with Crippen LogP contribution in [-0.2, 0) is 10.5 Å². The van der Waals surface area contributed by atoms with Gasteiger partial charge in [0.05, 0.1) is 12.2 Å². The van der Waals surface area contributed by atoms with Crippen molar-refractivity contribution in [3.05, 3.63) is 118 Å². The molecule has 0 saturated carbocycles. The van der Waals surface area contributed by atoms with Crippen LogP contribution in [0.3, 0.4) is 0 Å². The first-order valence-corrected chi connectivity index (χ1v) is 11.8. The van der Waals surface area contributed by atoms with Gasteiger partial charge < -0.3 is 9.15 Å². The van der Waals surface area contributed by atoms with Crippen LogP contribution in [0.25, 0.3) is 0 Å². The average Bonchev–Trinajstić information content (AvgIpc) is 2.83. The minimum atomic E-state index is -0.504. The van der Waals surface area contributed by atoms with E-state index in [1.165, 1.54) is 24.1 Å². The smallest absolute Gasteiger partial charge is 0.312 e. The Bertz CT molecular complexity index is 1260. The van der Waals surface area contributed by atoms with Crippen LogP contribution in [0.5, 0.6) is 5.75 Å². The molecule has 0 radical (unpaired) electrons. The molecule has 34 heavy (non-hydrogen) atoms. The van der Waals surface area contributed by atoms with Crippen molar-refractivity contribution in [2.24, 2.45) is 0 Å². The van der Waals surface area contributed by atoms with Crippen LogP contribution in [-0.4, -0.2) is 15.9 Å². The first-order valence-electron chi connectivity index (χ1n) is 10.9. The monoisotopic (exact) mass is 472 g/mol. The topological polar surface area (TPSA) is 82.3 Å². The van der Waals surface area contributed by atoms with Crippen molar-refractivity contribution in [3.8, 4) is 5.75 Å². The average molecular weight is 473 g/mol. The van der Waals surface area contributed by atoms with E-state index < -0.39 is 11.4 Å². The van der Waals surface area contributed by atoms with E-state index in [1.54, 1.807) is 0 Å². The lowest BCUT2D eigenvalue weighted by Crippen LogP contribution is -2.17. The van der Waals surface area contributed by atoms with Gasteiger partial charge in [-0.05, 0) is 31.0 Å². The second-order valence-corrected chi connectivity index (χ2v) is 8.79. The highest BCUT2D eigenvalue weighted by molar-refractivity contribution is 7.98. The van der Waals surface area contributed by atoms with Gasteiger partial charge in [-0.25, -0.2) is 9.97 Å². The maximum atomic E-state index is 12.8. The molecule has 2 heterocycles. The fourth-order valence-electron chi connectivity index (χ4n) is 3.61. The van der Waals surface area contributed by atoms with Gasteiger partial charge in [0.15, 0.2) is 5.16 Å². The van der Waals surface area contributed by atoms with Gasteiger partial charge in [0.2, 0.25) is 11.2 Å². The minimum Gasteiger partial charge on any atom is -0.464 e. The van der Waals surface area contributed by atoms with Crippen LogP contribution in [0.2, 0.25) is 0 Å². The normalized spacial score (nSPS) is 10.9. The number of rotatable bonds is 8. The van der Waals surface area contributed by atoms with Gasteiger partial charge >= 0.3 is 5.97 Å². The summed E-state index contributed by atoms with van der Waals surface area (Å²) in [6.45, 7) is 3.81. The fourth-order valence-corrected chi connectivity index (χ4v) is 4.45. The summed E-state index contributed by atoms with van der Waals surface area (Å²) in [6, 6.07) is 22.7. The third-order valence-corrected chi connectivity index (χ3v) is 6.03. The number of thioether (sulfide) groups is 1. The standard InChI is InChI=1S/C27H24N2O4S/c1-18-13-19(2)29-27(28-18)34-17-22-14-24(30)25(16-32-22)33-26(31)15-23(20-9-5-3-6-10-20)21-11-7-4-8-12-21/h3-14,16,23H,15,17H2,1-2H3. The zero-order valence-corrected chi connectivity index (χ0v) is 19.7. The maximum absolute atomic E-state index is 12.8. The Morgan fingerprint density at radius 3 is 2.09 bits per heavy atom. The van der Waals surface area contributed by atoms with E-state index >= 15 is 0 Å². The van der Waals surface area contributed by atoms with Crippen molar-refractivity contribution in [1.29, 1.82) is 0 Å². The molecular weight excluding hydrogens is 448 g/mol. The molecule has 2 aromatic heterocycles. The number of aryl methyl sites for hydroxylation is 2. The Morgan fingerprint density at radius 1 is 0.941 bits per heavy atom. The van der Waals surface area contributed by atoms with Crippen molar-refractivity contribution >= 4 is 17.7 Å². The zero-order chi connectivity index (χ0) is 23.9. The molecule has 172 valence electrons. The second-order valence-electron chi connectivity index (χ2n) is 7.85. The van der Waals surface area contributed by atoms with Gasteiger partial charge in [0.1, 0.15) is 12.0 Å². The Kier molecular flexibility index (Phi) is 7.54. The van der Waals surface area contributed by atoms with Crippen LogP contribution in [0.1, 0.15) is 40.6 Å². The van der Waals surface area contributed by atoms with E-state index in [2.05, 4.69) is 9.97 Å². The van der Waals surface area contributed by atoms with Crippen LogP contribution >= 0.6 is 11.8 Å². The lowest BCUT2D eigenvalue weighted by Gasteiger charge is -2.17. The molecule has 0 atom stereocenters. The molecule has 7 heteroatoms. The molecule has 2 aromatic carbocycles. The van der Waals surface area contributed by atoms with Crippen molar-refractivity contribution < 1.29 is 13.9 Å². The third-order valence-electron chi connectivity index (χ3n) is 5.16. The van der Waals surface area contributed by atoms with Crippen LogP contribution < -0.4 is 10.2 Å². The van der Waals surface area contributed by atoms with E-state index in [0.29, 0.717) is 16.7 Å². The molecule has 4 aromatic rings. The predicted molar refractivity (Wildman–Crippen MR) is 131 cm³/mol. The number of aromatic nitrogens is 2. The summed E-state index contributed by atoms with van der Waals surface area (Å²) >= 11 is 1.37. The Labute approximate surface area is 202 Å². The Morgan fingerprint density at radius 2 is 1.53 bits per heavy atom. The van der Waals surface area contributed by atoms with Crippen LogP contribution in [0.4, 0.5) is 0 Å². The number of nitrogens with zero attached hydrogens (tertiary/aromatic N) is 2. The number of carbonyl (C=O) groups excluding carboxylic acids is 1. The molecule has 0 amide bonds. The summed E-state index contributed by atoms with van der Waals surface area (Å²) in [5, 5.41) is 0.614. The molecule has 0 saturated heterocycles. The van der Waals surface area contributed by atoms with E-state index in [1.807, 2.05) is 80.6 Å². The Hall–Kier alpha value is -3.71. The molecule has 0 aliphatic rings. The number of esters is 1. The first kappa shape index (κ1) is 23.4. The van der Waals surface area contributed by atoms with Gasteiger partial charge in [-0.2, -0.15) is 0 Å². The lowest BCUT2D eigenvalue weighted by molar-refractivity contribution is -0.134. The number of benzene rings is 2. The lowest BCUT2D eigenvalue weighted by atomic mass is 9.89. The zero-order valence-electron chi connectivity index (χ0n) is 18.9. The molecule has 6 nitrogen and oxygen atoms in total. The van der Waals surface area contributed by atoms with Crippen molar-refractivity contribution in [1.82, 2.24) is 9.97 Å². The molecule has 0 aliphatic heterocycles. The van der Waals surface area contributed by atoms with E-state index in [9.17, 15) is 9.59 Å². The highest BCUT2D eigenvalue weighted by atomic mass is 32.2. The van der Waals surface area contributed by atoms with Crippen LogP contribution in [0, 0.1) is 13.8 Å². The molecule has 0 fully saturated rings. The molecule has 0 bridgehead atoms. The first-order chi connectivity index (χ1) is 16.5. The Balaban J connectivity index is 1.43. The molecular formula is C27H24N2O4S. The number of ether oxygens (including phenoxy) is 1. The highest BCUT2D eigenvalue weighted by Gasteiger charge is 2.20. The van der Waals surface area contributed by atoms with Gasteiger partial charge in [0.25, 0.3) is 0 Å². The number of hydrogen-bond donors (Lipinski definition) is 0. The largest absolute Gasteiger partial charge is 0.464 e. The molecule has 0 unspecified atom stereocenters. The summed E-state index contributed by atoms with van der Waals surface area (Å²) in [7, 11) is 0. The van der Waals surface area contributed by atoms with E-state index in [0.717, 1.165) is 22.5 Å². The van der Waals surface area contributed by atoms with Crippen molar-refractivity contribution in [2.45, 2.75) is 37.1 Å². The summed E-state index contributed by atoms with van der Waals surface area (Å²) in [6.07, 6.45) is 1.29. The third kappa shape index (κ3) is 6.20. The second kappa shape index (κ2) is 10.9. The highest BCUT2D eigenvalue weighted by Crippen LogP contribution is 2.28. The summed E-state index contributed by atoms with van der Waals surface area (Å²) in [5.41, 5.74) is 3.34. The fraction of sp³-hybridized carbons (Fsp3) is 0.185. The van der Waals surface area contributed by atoms with Crippen molar-refractivity contribution in [3.63, 3.8) is 0 Å².